The highest BCUT2D eigenvalue weighted by molar-refractivity contribution is 6.01. The molecule has 244 valence electrons. The molecule has 1 amide bonds. The molecule has 1 aromatic carbocycles. The number of amides is 1. The van der Waals surface area contributed by atoms with Gasteiger partial charge in [0.25, 0.3) is 0 Å². The molecule has 5 N–H and O–H groups in total. The summed E-state index contributed by atoms with van der Waals surface area (Å²) in [4.78, 5) is 54.5. The number of esters is 1. The van der Waals surface area contributed by atoms with E-state index in [9.17, 15) is 29.4 Å². The van der Waals surface area contributed by atoms with Crippen molar-refractivity contribution in [3.8, 4) is 5.75 Å². The fourth-order valence-corrected chi connectivity index (χ4v) is 8.13. The first kappa shape index (κ1) is 32.9. The smallest absolute Gasteiger partial charge is 0.408 e. The van der Waals surface area contributed by atoms with Crippen molar-refractivity contribution in [1.29, 1.82) is 0 Å². The largest absolute Gasteiger partial charge is 0.441 e. The van der Waals surface area contributed by atoms with Gasteiger partial charge in [0.2, 0.25) is 5.78 Å². The number of fused-ring (bicyclic) bond motifs is 5. The average molecular weight is 633 g/mol. The summed E-state index contributed by atoms with van der Waals surface area (Å²) in [6.45, 7) is 1.55. The summed E-state index contributed by atoms with van der Waals surface area (Å²) in [6, 6.07) is 6.10. The predicted molar refractivity (Wildman–Crippen MR) is 150 cm³/mol. The molecule has 0 saturated heterocycles. The number of ether oxygens (including phenoxy) is 2. The minimum absolute atomic E-state index is 0.00914. The number of alkyl halides is 1. The van der Waals surface area contributed by atoms with Crippen molar-refractivity contribution in [2.24, 2.45) is 22.7 Å². The molecule has 4 aliphatic carbocycles. The Morgan fingerprint density at radius 3 is 2.60 bits per heavy atom. The molecule has 0 spiro atoms. The molecule has 4 aliphatic rings. The summed E-state index contributed by atoms with van der Waals surface area (Å²) in [7, 11) is 0. The number of carbonyl (C=O) groups excluding carboxylic acids is 4. The number of allylic oxidation sites excluding steroid dienone is 4. The van der Waals surface area contributed by atoms with E-state index in [1.807, 2.05) is 0 Å². The molecular formula is C31H37FN2O11. The maximum atomic E-state index is 17.2. The number of aliphatic hydroxyl groups excluding tert-OH is 1. The van der Waals surface area contributed by atoms with Crippen LogP contribution in [0.3, 0.4) is 0 Å². The van der Waals surface area contributed by atoms with Crippen LogP contribution in [0.4, 0.5) is 9.18 Å². The standard InChI is InChI=1S/C31H37FN2O11/c1-28-11-9-20(35)13-19(28)7-8-22-21-10-12-30(40,29(21,2)14-24(36)31(22,28)32)25(37)17-43-27(39)33-15-26(38)45-23-6-4-3-5-18(23)16-44-34(41)42/h3-6,9,11,13,21-22,24,36,40-42H,7-8,10,12,14-17H2,1-2H3,(H,33,39)/t21?,22-,24-,28-,29-,30?,31?/m0/s1. The van der Waals surface area contributed by atoms with Crippen molar-refractivity contribution in [2.45, 2.75) is 69.9 Å². The van der Waals surface area contributed by atoms with E-state index in [-0.39, 0.29) is 31.0 Å². The Balaban J connectivity index is 1.19. The van der Waals surface area contributed by atoms with Crippen LogP contribution in [0.1, 0.15) is 51.5 Å². The van der Waals surface area contributed by atoms with Crippen LogP contribution in [0.15, 0.2) is 48.1 Å². The lowest BCUT2D eigenvalue weighted by Gasteiger charge is -2.62. The van der Waals surface area contributed by atoms with Crippen molar-refractivity contribution < 1.29 is 58.5 Å². The first-order valence-electron chi connectivity index (χ1n) is 14.7. The van der Waals surface area contributed by atoms with Gasteiger partial charge in [-0.3, -0.25) is 20.0 Å². The molecule has 5 rings (SSSR count). The quantitative estimate of drug-likeness (QED) is 0.152. The molecule has 3 saturated carbocycles. The van der Waals surface area contributed by atoms with Crippen LogP contribution < -0.4 is 10.1 Å². The lowest BCUT2D eigenvalue weighted by atomic mass is 9.44. The minimum Gasteiger partial charge on any atom is -0.441 e. The fourth-order valence-electron chi connectivity index (χ4n) is 8.13. The van der Waals surface area contributed by atoms with E-state index in [0.29, 0.717) is 30.4 Å². The first-order chi connectivity index (χ1) is 21.2. The van der Waals surface area contributed by atoms with Gasteiger partial charge in [0.1, 0.15) is 24.5 Å². The fraction of sp³-hybridized carbons (Fsp3) is 0.548. The summed E-state index contributed by atoms with van der Waals surface area (Å²) in [6.07, 6.45) is 2.52. The van der Waals surface area contributed by atoms with Crippen LogP contribution in [0.5, 0.6) is 5.75 Å². The van der Waals surface area contributed by atoms with E-state index in [1.165, 1.54) is 30.4 Å². The maximum absolute atomic E-state index is 17.2. The number of halogens is 1. The molecular weight excluding hydrogens is 595 g/mol. The second kappa shape index (κ2) is 12.0. The Hall–Kier alpha value is -3.53. The number of alkyl carbamates (subject to hydrolysis) is 1. The number of nitrogens with one attached hydrogen (secondary N) is 1. The molecule has 0 radical (unpaired) electrons. The second-order valence-corrected chi connectivity index (χ2v) is 12.6. The Kier molecular flexibility index (Phi) is 8.76. The highest BCUT2D eigenvalue weighted by Crippen LogP contribution is 2.69. The van der Waals surface area contributed by atoms with E-state index in [1.54, 1.807) is 26.0 Å². The molecule has 0 aliphatic heterocycles. The van der Waals surface area contributed by atoms with E-state index >= 15 is 4.39 Å². The van der Waals surface area contributed by atoms with Crippen LogP contribution in [0, 0.1) is 22.7 Å². The highest BCUT2D eigenvalue weighted by atomic mass is 19.1. The van der Waals surface area contributed by atoms with Gasteiger partial charge in [0.05, 0.1) is 11.5 Å². The zero-order valence-corrected chi connectivity index (χ0v) is 24.9. The normalized spacial score (nSPS) is 35.2. The van der Waals surface area contributed by atoms with Gasteiger partial charge < -0.3 is 25.0 Å². The summed E-state index contributed by atoms with van der Waals surface area (Å²) >= 11 is 0. The minimum atomic E-state index is -2.11. The Morgan fingerprint density at radius 2 is 1.87 bits per heavy atom. The predicted octanol–water partition coefficient (Wildman–Crippen LogP) is 2.50. The van der Waals surface area contributed by atoms with Gasteiger partial charge in [-0.15, -0.1) is 0 Å². The van der Waals surface area contributed by atoms with E-state index < -0.39 is 76.4 Å². The topological polar surface area (TPSA) is 192 Å². The van der Waals surface area contributed by atoms with Gasteiger partial charge in [-0.25, -0.2) is 18.8 Å². The van der Waals surface area contributed by atoms with Gasteiger partial charge >= 0.3 is 12.1 Å². The summed E-state index contributed by atoms with van der Waals surface area (Å²) in [5.74, 6) is -3.03. The number of ketones is 2. The molecule has 0 heterocycles. The summed E-state index contributed by atoms with van der Waals surface area (Å²) < 4.78 is 27.4. The third-order valence-electron chi connectivity index (χ3n) is 10.5. The van der Waals surface area contributed by atoms with Crippen LogP contribution >= 0.6 is 0 Å². The van der Waals surface area contributed by atoms with Crippen LogP contribution in [-0.4, -0.2) is 80.2 Å². The van der Waals surface area contributed by atoms with E-state index in [0.717, 1.165) is 0 Å². The van der Waals surface area contributed by atoms with Gasteiger partial charge in [-0.05, 0) is 63.2 Å². The molecule has 3 fully saturated rings. The summed E-state index contributed by atoms with van der Waals surface area (Å²) in [5, 5.41) is 42.2. The van der Waals surface area contributed by atoms with Crippen molar-refractivity contribution in [2.75, 3.05) is 13.2 Å². The number of hydrogen-bond donors (Lipinski definition) is 5. The lowest BCUT2D eigenvalue weighted by Crippen LogP contribution is -2.69. The van der Waals surface area contributed by atoms with Gasteiger partial charge in [0.15, 0.2) is 18.1 Å². The average Bonchev–Trinajstić information content (AvgIpc) is 3.26. The Morgan fingerprint density at radius 1 is 1.13 bits per heavy atom. The molecule has 3 unspecified atom stereocenters. The highest BCUT2D eigenvalue weighted by Gasteiger charge is 2.74. The SMILES string of the molecule is C[C@]12C=CC(=O)C=C1CC[C@H]1C3CCC(O)(C(=O)COC(=O)NCC(=O)Oc4ccccc4CON(O)O)[C@@]3(C)C[C@H](O)C12F. The molecule has 0 bridgehead atoms. The maximum Gasteiger partial charge on any atom is 0.408 e. The summed E-state index contributed by atoms with van der Waals surface area (Å²) in [5.41, 5.74) is -5.59. The van der Waals surface area contributed by atoms with E-state index in [4.69, 9.17) is 19.9 Å². The third kappa shape index (κ3) is 5.49. The van der Waals surface area contributed by atoms with Crippen molar-refractivity contribution in [3.63, 3.8) is 0 Å². The molecule has 14 heteroatoms. The Labute approximate surface area is 258 Å². The zero-order chi connectivity index (χ0) is 32.8. The van der Waals surface area contributed by atoms with Crippen molar-refractivity contribution >= 4 is 23.6 Å². The first-order valence-corrected chi connectivity index (χ1v) is 14.7. The molecule has 7 atom stereocenters. The van der Waals surface area contributed by atoms with Crippen molar-refractivity contribution in [3.05, 3.63) is 53.6 Å². The van der Waals surface area contributed by atoms with Gasteiger partial charge in [0, 0.05) is 22.3 Å². The van der Waals surface area contributed by atoms with Crippen LogP contribution in [0.25, 0.3) is 0 Å². The Bertz CT molecular complexity index is 1450. The van der Waals surface area contributed by atoms with E-state index in [2.05, 4.69) is 10.2 Å². The number of benzene rings is 1. The van der Waals surface area contributed by atoms with Crippen molar-refractivity contribution in [1.82, 2.24) is 10.7 Å². The number of nitrogens with zero attached hydrogens (tertiary/aromatic N) is 1. The number of Topliss-reactive ketones (excluding diaryl/α,β-unsaturated/α-hetero) is 1. The zero-order valence-electron chi connectivity index (χ0n) is 24.9. The number of aliphatic hydroxyl groups is 2. The van der Waals surface area contributed by atoms with Gasteiger partial charge in [-0.2, -0.15) is 0 Å². The number of carbonyl (C=O) groups is 4. The number of para-hydroxylation sites is 1. The number of hydrogen-bond acceptors (Lipinski definition) is 12. The molecule has 13 nitrogen and oxygen atoms in total. The second-order valence-electron chi connectivity index (χ2n) is 12.6. The molecule has 1 aromatic rings. The van der Waals surface area contributed by atoms with Gasteiger partial charge in [-0.1, -0.05) is 36.8 Å². The number of rotatable bonds is 9. The van der Waals surface area contributed by atoms with Crippen LogP contribution in [0.2, 0.25) is 0 Å². The lowest BCUT2D eigenvalue weighted by molar-refractivity contribution is -0.497. The monoisotopic (exact) mass is 632 g/mol. The third-order valence-corrected chi connectivity index (χ3v) is 10.5. The molecule has 0 aromatic heterocycles. The van der Waals surface area contributed by atoms with Crippen LogP contribution in [-0.2, 0) is 30.6 Å². The molecule has 45 heavy (non-hydrogen) atoms.